The molecule has 0 aliphatic rings. The van der Waals surface area contributed by atoms with Gasteiger partial charge in [-0.15, -0.1) is 11.3 Å². The van der Waals surface area contributed by atoms with Crippen molar-refractivity contribution in [2.45, 2.75) is 0 Å². The zero-order valence-corrected chi connectivity index (χ0v) is 21.7. The highest BCUT2D eigenvalue weighted by Crippen LogP contribution is 2.43. The van der Waals surface area contributed by atoms with E-state index in [9.17, 15) is 0 Å². The van der Waals surface area contributed by atoms with Gasteiger partial charge in [-0.1, -0.05) is 66.7 Å². The summed E-state index contributed by atoms with van der Waals surface area (Å²) in [6.45, 7) is 0. The highest BCUT2D eigenvalue weighted by atomic mass is 32.1. The summed E-state index contributed by atoms with van der Waals surface area (Å²) >= 11 is 1.89. The van der Waals surface area contributed by atoms with Crippen LogP contribution in [0.1, 0.15) is 0 Å². The van der Waals surface area contributed by atoms with Gasteiger partial charge in [-0.2, -0.15) is 0 Å². The average Bonchev–Trinajstić information content (AvgIpc) is 3.65. The second kappa shape index (κ2) is 7.79. The molecule has 0 saturated carbocycles. The predicted molar refractivity (Wildman–Crippen MR) is 166 cm³/mol. The Morgan fingerprint density at radius 1 is 0.487 bits per heavy atom. The van der Waals surface area contributed by atoms with Gasteiger partial charge < -0.3 is 9.13 Å². The fraction of sp³-hybridized carbons (Fsp3) is 0. The number of para-hydroxylation sites is 2. The van der Waals surface area contributed by atoms with Crippen LogP contribution in [0.3, 0.4) is 0 Å². The number of hydrogen-bond acceptors (Lipinski definition) is 2. The zero-order chi connectivity index (χ0) is 25.5. The fourth-order valence-electron chi connectivity index (χ4n) is 6.35. The number of pyridine rings is 1. The van der Waals surface area contributed by atoms with Crippen LogP contribution in [-0.4, -0.2) is 14.1 Å². The summed E-state index contributed by atoms with van der Waals surface area (Å²) in [7, 11) is 0. The molecule has 0 aliphatic heterocycles. The summed E-state index contributed by atoms with van der Waals surface area (Å²) in [5.41, 5.74) is 7.16. The van der Waals surface area contributed by atoms with Crippen molar-refractivity contribution in [2.75, 3.05) is 0 Å². The van der Waals surface area contributed by atoms with E-state index in [1.165, 1.54) is 52.9 Å². The quantitative estimate of drug-likeness (QED) is 0.225. The molecule has 0 fully saturated rings. The third-order valence-corrected chi connectivity index (χ3v) is 9.20. The van der Waals surface area contributed by atoms with Crippen molar-refractivity contribution in [3.05, 3.63) is 128 Å². The van der Waals surface area contributed by atoms with Crippen LogP contribution in [0.2, 0.25) is 0 Å². The number of thiophene rings is 1. The Hall–Kier alpha value is -4.93. The summed E-state index contributed by atoms with van der Waals surface area (Å²) in [6, 6.07) is 41.7. The van der Waals surface area contributed by atoms with E-state index in [2.05, 4.69) is 129 Å². The smallest absolute Gasteiger partial charge is 0.0719 e. The second-order valence-electron chi connectivity index (χ2n) is 10.1. The van der Waals surface area contributed by atoms with E-state index in [0.717, 1.165) is 22.3 Å². The molecule has 0 saturated heterocycles. The van der Waals surface area contributed by atoms with Gasteiger partial charge in [0.15, 0.2) is 0 Å². The van der Waals surface area contributed by atoms with Crippen LogP contribution >= 0.6 is 11.3 Å². The molecule has 0 aliphatic carbocycles. The van der Waals surface area contributed by atoms with E-state index >= 15 is 0 Å². The first-order valence-corrected chi connectivity index (χ1v) is 14.0. The van der Waals surface area contributed by atoms with Crippen LogP contribution in [-0.2, 0) is 0 Å². The van der Waals surface area contributed by atoms with Crippen LogP contribution in [0.25, 0.3) is 75.2 Å². The minimum absolute atomic E-state index is 1.15. The molecule has 182 valence electrons. The Morgan fingerprint density at radius 2 is 1.23 bits per heavy atom. The fourth-order valence-corrected chi connectivity index (χ4v) is 7.59. The van der Waals surface area contributed by atoms with Crippen LogP contribution in [0, 0.1) is 0 Å². The Labute approximate surface area is 227 Å². The van der Waals surface area contributed by atoms with Crippen LogP contribution in [0.15, 0.2) is 128 Å². The van der Waals surface area contributed by atoms with Gasteiger partial charge in [0, 0.05) is 60.8 Å². The third-order valence-electron chi connectivity index (χ3n) is 8.00. The van der Waals surface area contributed by atoms with Gasteiger partial charge in [-0.05, 0) is 48.5 Å². The lowest BCUT2D eigenvalue weighted by molar-refractivity contribution is 1.16. The molecule has 9 aromatic rings. The number of benzene rings is 5. The molecule has 5 aromatic carbocycles. The molecule has 4 heterocycles. The van der Waals surface area contributed by atoms with Gasteiger partial charge in [0.2, 0.25) is 0 Å². The molecule has 0 amide bonds. The predicted octanol–water partition coefficient (Wildman–Crippen LogP) is 9.64. The van der Waals surface area contributed by atoms with Crippen LogP contribution in [0.5, 0.6) is 0 Å². The molecule has 0 unspecified atom stereocenters. The molecule has 0 spiro atoms. The molecule has 0 atom stereocenters. The average molecular weight is 516 g/mol. The summed E-state index contributed by atoms with van der Waals surface area (Å²) in [5, 5.41) is 7.57. The monoisotopic (exact) mass is 515 g/mol. The number of fused-ring (bicyclic) bond motifs is 10. The van der Waals surface area contributed by atoms with Crippen molar-refractivity contribution in [1.29, 1.82) is 0 Å². The van der Waals surface area contributed by atoms with Crippen LogP contribution < -0.4 is 0 Å². The lowest BCUT2D eigenvalue weighted by atomic mass is 10.1. The number of aromatic nitrogens is 3. The summed E-state index contributed by atoms with van der Waals surface area (Å²) in [4.78, 5) is 4.51. The molecule has 0 bridgehead atoms. The molecule has 0 N–H and O–H groups in total. The minimum Gasteiger partial charge on any atom is -0.309 e. The minimum atomic E-state index is 1.15. The molecule has 0 radical (unpaired) electrons. The van der Waals surface area contributed by atoms with Gasteiger partial charge in [0.05, 0.1) is 26.8 Å². The standard InChI is InChI=1S/C35H21N3S/c1-2-8-22(9-3-1)37-31-17-14-23(20-28(31)29-21-36-19-18-32(29)37)38-30-12-6-4-10-24(30)26-15-16-27-25-11-5-7-13-33(25)39-35(27)34(26)38/h1-21H. The van der Waals surface area contributed by atoms with E-state index in [4.69, 9.17) is 0 Å². The molecular formula is C35H21N3S. The molecule has 9 rings (SSSR count). The Balaban J connectivity index is 1.43. The summed E-state index contributed by atoms with van der Waals surface area (Å²) in [5.74, 6) is 0. The SMILES string of the molecule is c1ccc(-n2c3ccncc3c3cc(-n4c5ccccc5c5ccc6c7ccccc7sc6c54)ccc32)cc1. The first-order chi connectivity index (χ1) is 19.4. The molecule has 4 heteroatoms. The highest BCUT2D eigenvalue weighted by Gasteiger charge is 2.19. The first-order valence-electron chi connectivity index (χ1n) is 13.1. The third kappa shape index (κ3) is 2.84. The largest absolute Gasteiger partial charge is 0.309 e. The Morgan fingerprint density at radius 3 is 2.15 bits per heavy atom. The van der Waals surface area contributed by atoms with Crippen LogP contribution in [0.4, 0.5) is 0 Å². The van der Waals surface area contributed by atoms with Gasteiger partial charge in [0.1, 0.15) is 0 Å². The topological polar surface area (TPSA) is 22.8 Å². The molecule has 3 nitrogen and oxygen atoms in total. The van der Waals surface area contributed by atoms with Crippen molar-refractivity contribution in [1.82, 2.24) is 14.1 Å². The lowest BCUT2D eigenvalue weighted by Gasteiger charge is -2.10. The van der Waals surface area contributed by atoms with Gasteiger partial charge >= 0.3 is 0 Å². The summed E-state index contributed by atoms with van der Waals surface area (Å²) < 4.78 is 7.46. The maximum Gasteiger partial charge on any atom is 0.0719 e. The summed E-state index contributed by atoms with van der Waals surface area (Å²) in [6.07, 6.45) is 3.88. The first kappa shape index (κ1) is 21.1. The van der Waals surface area contributed by atoms with Crippen molar-refractivity contribution < 1.29 is 0 Å². The van der Waals surface area contributed by atoms with Gasteiger partial charge in [0.25, 0.3) is 0 Å². The lowest BCUT2D eigenvalue weighted by Crippen LogP contribution is -1.95. The van der Waals surface area contributed by atoms with E-state index in [1.54, 1.807) is 0 Å². The normalized spacial score (nSPS) is 12.1. The van der Waals surface area contributed by atoms with Crippen molar-refractivity contribution in [2.24, 2.45) is 0 Å². The van der Waals surface area contributed by atoms with E-state index in [-0.39, 0.29) is 0 Å². The second-order valence-corrected chi connectivity index (χ2v) is 11.1. The van der Waals surface area contributed by atoms with Gasteiger partial charge in [-0.25, -0.2) is 0 Å². The highest BCUT2D eigenvalue weighted by molar-refractivity contribution is 7.26. The van der Waals surface area contributed by atoms with E-state index in [1.807, 2.05) is 23.7 Å². The maximum atomic E-state index is 4.51. The van der Waals surface area contributed by atoms with Gasteiger partial charge in [-0.3, -0.25) is 4.98 Å². The molecular weight excluding hydrogens is 494 g/mol. The Kier molecular flexibility index (Phi) is 4.21. The molecule has 4 aromatic heterocycles. The Bertz CT molecular complexity index is 2390. The number of hydrogen-bond donors (Lipinski definition) is 0. The van der Waals surface area contributed by atoms with E-state index in [0.29, 0.717) is 0 Å². The van der Waals surface area contributed by atoms with Crippen molar-refractivity contribution in [3.8, 4) is 11.4 Å². The molecule has 39 heavy (non-hydrogen) atoms. The van der Waals surface area contributed by atoms with Crippen molar-refractivity contribution in [3.63, 3.8) is 0 Å². The van der Waals surface area contributed by atoms with E-state index < -0.39 is 0 Å². The maximum absolute atomic E-state index is 4.51. The number of nitrogens with zero attached hydrogens (tertiary/aromatic N) is 3. The zero-order valence-electron chi connectivity index (χ0n) is 20.9. The number of rotatable bonds is 2. The van der Waals surface area contributed by atoms with Crippen molar-refractivity contribution >= 4 is 75.1 Å².